The van der Waals surface area contributed by atoms with Crippen LogP contribution in [0.15, 0.2) is 57.5 Å². The first kappa shape index (κ1) is 20.0. The minimum absolute atomic E-state index is 0.0148. The summed E-state index contributed by atoms with van der Waals surface area (Å²) in [5, 5.41) is 9.36. The Balaban J connectivity index is 1.98. The summed E-state index contributed by atoms with van der Waals surface area (Å²) in [6.07, 6.45) is 2.15. The summed E-state index contributed by atoms with van der Waals surface area (Å²) in [4.78, 5) is 37.7. The number of ketones is 1. The molecule has 29 heavy (non-hydrogen) atoms. The van der Waals surface area contributed by atoms with Crippen molar-refractivity contribution in [1.82, 2.24) is 4.90 Å². The number of carbonyl (C=O) groups excluding carboxylic acids is 3. The van der Waals surface area contributed by atoms with E-state index in [0.29, 0.717) is 29.1 Å². The van der Waals surface area contributed by atoms with Gasteiger partial charge in [0.25, 0.3) is 11.8 Å². The first-order valence-electron chi connectivity index (χ1n) is 9.27. The van der Waals surface area contributed by atoms with E-state index >= 15 is 0 Å². The molecule has 0 saturated carbocycles. The second-order valence-electron chi connectivity index (χ2n) is 6.77. The van der Waals surface area contributed by atoms with Crippen LogP contribution >= 0.6 is 0 Å². The zero-order valence-corrected chi connectivity index (χ0v) is 16.5. The van der Waals surface area contributed by atoms with Gasteiger partial charge >= 0.3 is 0 Å². The van der Waals surface area contributed by atoms with Gasteiger partial charge in [-0.05, 0) is 44.1 Å². The van der Waals surface area contributed by atoms with Crippen LogP contribution in [0.4, 0.5) is 0 Å². The van der Waals surface area contributed by atoms with Crippen molar-refractivity contribution in [2.45, 2.75) is 27.2 Å². The van der Waals surface area contributed by atoms with E-state index in [1.165, 1.54) is 6.92 Å². The molecule has 0 bridgehead atoms. The Morgan fingerprint density at radius 3 is 2.41 bits per heavy atom. The predicted molar refractivity (Wildman–Crippen MR) is 107 cm³/mol. The number of hydrogen-bond acceptors (Lipinski definition) is 5. The molecule has 0 N–H and O–H groups in total. The normalized spacial score (nSPS) is 15.8. The van der Waals surface area contributed by atoms with Crippen molar-refractivity contribution in [1.29, 1.82) is 5.26 Å². The monoisotopic (exact) mass is 388 g/mol. The molecule has 1 aromatic heterocycles. The maximum Gasteiger partial charge on any atom is 0.271 e. The van der Waals surface area contributed by atoms with Crippen molar-refractivity contribution in [3.8, 4) is 17.4 Å². The average Bonchev–Trinajstić information content (AvgIpc) is 3.18. The molecule has 1 aromatic carbocycles. The average molecular weight is 388 g/mol. The lowest BCUT2D eigenvalue weighted by atomic mass is 9.94. The number of benzene rings is 1. The van der Waals surface area contributed by atoms with Gasteiger partial charge in [-0.3, -0.25) is 19.3 Å². The molecule has 0 aliphatic carbocycles. The van der Waals surface area contributed by atoms with Gasteiger partial charge in [-0.2, -0.15) is 5.26 Å². The van der Waals surface area contributed by atoms with Crippen molar-refractivity contribution < 1.29 is 18.8 Å². The number of furan rings is 1. The third kappa shape index (κ3) is 3.81. The zero-order valence-electron chi connectivity index (χ0n) is 16.5. The Labute approximate surface area is 168 Å². The Morgan fingerprint density at radius 2 is 1.83 bits per heavy atom. The van der Waals surface area contributed by atoms with Gasteiger partial charge in [0.1, 0.15) is 23.2 Å². The zero-order chi connectivity index (χ0) is 21.1. The highest BCUT2D eigenvalue weighted by Gasteiger charge is 2.35. The summed E-state index contributed by atoms with van der Waals surface area (Å²) in [7, 11) is 0. The number of amides is 2. The Morgan fingerprint density at radius 1 is 1.14 bits per heavy atom. The van der Waals surface area contributed by atoms with Crippen molar-refractivity contribution >= 4 is 23.7 Å². The Kier molecular flexibility index (Phi) is 5.60. The largest absolute Gasteiger partial charge is 0.457 e. The van der Waals surface area contributed by atoms with Gasteiger partial charge in [0.2, 0.25) is 0 Å². The van der Waals surface area contributed by atoms with Crippen LogP contribution in [0, 0.1) is 11.3 Å². The van der Waals surface area contributed by atoms with Crippen molar-refractivity contribution in [2.24, 2.45) is 0 Å². The minimum atomic E-state index is -0.556. The first-order valence-corrected chi connectivity index (χ1v) is 9.27. The van der Waals surface area contributed by atoms with Gasteiger partial charge in [0.15, 0.2) is 5.78 Å². The second-order valence-corrected chi connectivity index (χ2v) is 6.77. The number of hydrogen-bond donors (Lipinski definition) is 0. The molecule has 3 rings (SSSR count). The lowest BCUT2D eigenvalue weighted by Crippen LogP contribution is -2.43. The molecule has 2 heterocycles. The first-order chi connectivity index (χ1) is 13.9. The number of imide groups is 1. The van der Waals surface area contributed by atoms with Gasteiger partial charge in [-0.15, -0.1) is 0 Å². The van der Waals surface area contributed by atoms with E-state index in [4.69, 9.17) is 4.42 Å². The van der Waals surface area contributed by atoms with E-state index in [9.17, 15) is 19.6 Å². The number of nitrogens with zero attached hydrogens (tertiary/aromatic N) is 2. The fraction of sp³-hybridized carbons (Fsp3) is 0.217. The van der Waals surface area contributed by atoms with Gasteiger partial charge in [-0.1, -0.05) is 31.2 Å². The smallest absolute Gasteiger partial charge is 0.271 e. The van der Waals surface area contributed by atoms with Crippen molar-refractivity contribution in [2.75, 3.05) is 6.54 Å². The summed E-state index contributed by atoms with van der Waals surface area (Å²) in [6.45, 7) is 5.20. The maximum atomic E-state index is 12.8. The van der Waals surface area contributed by atoms with Crippen LogP contribution in [0.1, 0.15) is 43.3 Å². The summed E-state index contributed by atoms with van der Waals surface area (Å²) in [5.41, 5.74) is 1.99. The highest BCUT2D eigenvalue weighted by molar-refractivity contribution is 6.19. The van der Waals surface area contributed by atoms with Crippen LogP contribution in [-0.2, 0) is 9.59 Å². The van der Waals surface area contributed by atoms with Crippen molar-refractivity contribution in [3.63, 3.8) is 0 Å². The van der Waals surface area contributed by atoms with E-state index in [2.05, 4.69) is 0 Å². The summed E-state index contributed by atoms with van der Waals surface area (Å²) in [5.74, 6) is 0.0102. The number of Topliss-reactive ketones (excluding diaryl/α,β-unsaturated/α-hetero) is 1. The van der Waals surface area contributed by atoms with Crippen LogP contribution in [-0.4, -0.2) is 29.0 Å². The lowest BCUT2D eigenvalue weighted by Gasteiger charge is -2.26. The van der Waals surface area contributed by atoms with E-state index in [1.807, 2.05) is 13.0 Å². The lowest BCUT2D eigenvalue weighted by molar-refractivity contribution is -0.140. The molecule has 0 saturated heterocycles. The third-order valence-corrected chi connectivity index (χ3v) is 4.76. The number of carbonyl (C=O) groups is 3. The standard InChI is InChI=1S/C23H20N2O4/c1-4-11-25-22(27)19(14(2)20(13-24)23(25)28)12-18-9-10-21(29-18)17-7-5-16(6-8-17)15(3)26/h5-10,12H,4,11H2,1-3H3. The molecule has 1 aliphatic heterocycles. The quantitative estimate of drug-likeness (QED) is 0.436. The Hall–Kier alpha value is -3.72. The van der Waals surface area contributed by atoms with Crippen LogP contribution in [0.2, 0.25) is 0 Å². The summed E-state index contributed by atoms with van der Waals surface area (Å²) >= 11 is 0. The molecule has 6 heteroatoms. The molecule has 146 valence electrons. The van der Waals surface area contributed by atoms with E-state index in [-0.39, 0.29) is 23.5 Å². The highest BCUT2D eigenvalue weighted by Crippen LogP contribution is 2.29. The molecule has 6 nitrogen and oxygen atoms in total. The molecule has 0 radical (unpaired) electrons. The molecule has 0 unspecified atom stereocenters. The topological polar surface area (TPSA) is 91.4 Å². The predicted octanol–water partition coefficient (Wildman–Crippen LogP) is 4.15. The van der Waals surface area contributed by atoms with Crippen LogP contribution in [0.5, 0.6) is 0 Å². The number of nitriles is 1. The minimum Gasteiger partial charge on any atom is -0.457 e. The van der Waals surface area contributed by atoms with E-state index < -0.39 is 11.8 Å². The Bertz CT molecular complexity index is 1090. The SMILES string of the molecule is CCCN1C(=O)C(=Cc2ccc(-c3ccc(C(C)=O)cc3)o2)C(C)=C(C#N)C1=O. The number of rotatable bonds is 5. The van der Waals surface area contributed by atoms with Crippen LogP contribution in [0.3, 0.4) is 0 Å². The van der Waals surface area contributed by atoms with Gasteiger partial charge < -0.3 is 4.42 Å². The second kappa shape index (κ2) is 8.11. The van der Waals surface area contributed by atoms with Gasteiger partial charge in [0.05, 0.1) is 0 Å². The summed E-state index contributed by atoms with van der Waals surface area (Å²) < 4.78 is 5.84. The van der Waals surface area contributed by atoms with E-state index in [0.717, 1.165) is 10.5 Å². The molecular weight excluding hydrogens is 368 g/mol. The third-order valence-electron chi connectivity index (χ3n) is 4.76. The summed E-state index contributed by atoms with van der Waals surface area (Å²) in [6, 6.07) is 12.4. The molecule has 2 aromatic rings. The highest BCUT2D eigenvalue weighted by atomic mass is 16.3. The van der Waals surface area contributed by atoms with E-state index in [1.54, 1.807) is 49.4 Å². The fourth-order valence-corrected chi connectivity index (χ4v) is 3.15. The van der Waals surface area contributed by atoms with Crippen LogP contribution < -0.4 is 0 Å². The molecule has 1 aliphatic rings. The fourth-order valence-electron chi connectivity index (χ4n) is 3.15. The molecular formula is C23H20N2O4. The molecule has 0 atom stereocenters. The van der Waals surface area contributed by atoms with Crippen molar-refractivity contribution in [3.05, 3.63) is 64.4 Å². The van der Waals surface area contributed by atoms with Gasteiger partial charge in [-0.25, -0.2) is 0 Å². The molecule has 0 fully saturated rings. The van der Waals surface area contributed by atoms with Gasteiger partial charge in [0, 0.05) is 23.2 Å². The molecule has 2 amide bonds. The van der Waals surface area contributed by atoms with Crippen LogP contribution in [0.25, 0.3) is 17.4 Å². The maximum absolute atomic E-state index is 12.8. The molecule has 0 spiro atoms.